The largest absolute Gasteiger partial charge is 0.356 e. The molecule has 0 bridgehead atoms. The van der Waals surface area contributed by atoms with Crippen molar-refractivity contribution in [1.82, 2.24) is 14.9 Å². The van der Waals surface area contributed by atoms with E-state index in [2.05, 4.69) is 20.9 Å². The summed E-state index contributed by atoms with van der Waals surface area (Å²) < 4.78 is 0. The van der Waals surface area contributed by atoms with E-state index in [-0.39, 0.29) is 5.91 Å². The Kier molecular flexibility index (Phi) is 3.42. The van der Waals surface area contributed by atoms with Gasteiger partial charge in [0.05, 0.1) is 30.4 Å². The SMILES string of the molecule is Cc1nc2c(c(N3CCC3)n1)CN(C(=O)c1cccc(C#N)c1)C2. The van der Waals surface area contributed by atoms with Gasteiger partial charge in [0.1, 0.15) is 11.6 Å². The summed E-state index contributed by atoms with van der Waals surface area (Å²) in [7, 11) is 0. The Bertz CT molecular complexity index is 866. The van der Waals surface area contributed by atoms with Crippen LogP contribution in [0.4, 0.5) is 5.82 Å². The number of rotatable bonds is 2. The Morgan fingerprint density at radius 3 is 2.79 bits per heavy atom. The zero-order valence-electron chi connectivity index (χ0n) is 13.5. The highest BCUT2D eigenvalue weighted by Gasteiger charge is 2.31. The molecule has 2 aromatic rings. The van der Waals surface area contributed by atoms with Crippen molar-refractivity contribution in [2.75, 3.05) is 18.0 Å². The molecule has 3 heterocycles. The number of carbonyl (C=O) groups excluding carboxylic acids is 1. The molecule has 1 fully saturated rings. The molecule has 6 heteroatoms. The number of aryl methyl sites for hydroxylation is 1. The fraction of sp³-hybridized carbons (Fsp3) is 0.333. The first kappa shape index (κ1) is 14.6. The van der Waals surface area contributed by atoms with Crippen LogP contribution >= 0.6 is 0 Å². The lowest BCUT2D eigenvalue weighted by molar-refractivity contribution is 0.0750. The number of hydrogen-bond acceptors (Lipinski definition) is 5. The van der Waals surface area contributed by atoms with Crippen LogP contribution < -0.4 is 4.90 Å². The molecule has 1 saturated heterocycles. The molecule has 0 atom stereocenters. The van der Waals surface area contributed by atoms with Gasteiger partial charge in [0, 0.05) is 24.2 Å². The van der Waals surface area contributed by atoms with Gasteiger partial charge >= 0.3 is 0 Å². The number of anilines is 1. The summed E-state index contributed by atoms with van der Waals surface area (Å²) in [6, 6.07) is 8.91. The highest BCUT2D eigenvalue weighted by atomic mass is 16.2. The van der Waals surface area contributed by atoms with E-state index < -0.39 is 0 Å². The number of amides is 1. The van der Waals surface area contributed by atoms with Crippen LogP contribution in [0.1, 0.15) is 39.4 Å². The van der Waals surface area contributed by atoms with Gasteiger partial charge in [-0.05, 0) is 31.5 Å². The maximum absolute atomic E-state index is 12.8. The number of hydrogen-bond donors (Lipinski definition) is 0. The number of fused-ring (bicyclic) bond motifs is 1. The lowest BCUT2D eigenvalue weighted by atomic mass is 10.1. The van der Waals surface area contributed by atoms with Crippen molar-refractivity contribution in [1.29, 1.82) is 5.26 Å². The molecule has 6 nitrogen and oxygen atoms in total. The van der Waals surface area contributed by atoms with Crippen LogP contribution in [0.5, 0.6) is 0 Å². The number of benzene rings is 1. The normalized spacial score (nSPS) is 15.7. The van der Waals surface area contributed by atoms with Gasteiger partial charge in [-0.15, -0.1) is 0 Å². The van der Waals surface area contributed by atoms with Gasteiger partial charge in [-0.25, -0.2) is 9.97 Å². The van der Waals surface area contributed by atoms with Crippen LogP contribution in [-0.4, -0.2) is 33.9 Å². The lowest BCUT2D eigenvalue weighted by Crippen LogP contribution is -2.38. The molecule has 1 aromatic carbocycles. The van der Waals surface area contributed by atoms with E-state index in [0.717, 1.165) is 36.0 Å². The summed E-state index contributed by atoms with van der Waals surface area (Å²) >= 11 is 0. The van der Waals surface area contributed by atoms with Crippen LogP contribution in [0.3, 0.4) is 0 Å². The maximum atomic E-state index is 12.8. The summed E-state index contributed by atoms with van der Waals surface area (Å²) in [6.07, 6.45) is 1.18. The molecule has 2 aliphatic heterocycles. The first-order valence-corrected chi connectivity index (χ1v) is 8.06. The van der Waals surface area contributed by atoms with Gasteiger partial charge < -0.3 is 9.80 Å². The van der Waals surface area contributed by atoms with Crippen molar-refractivity contribution in [3.63, 3.8) is 0 Å². The average Bonchev–Trinajstić information content (AvgIpc) is 2.96. The minimum Gasteiger partial charge on any atom is -0.356 e. The predicted molar refractivity (Wildman–Crippen MR) is 88.3 cm³/mol. The lowest BCUT2D eigenvalue weighted by Gasteiger charge is -2.33. The van der Waals surface area contributed by atoms with Crippen molar-refractivity contribution in [3.8, 4) is 6.07 Å². The topological polar surface area (TPSA) is 73.1 Å². The summed E-state index contributed by atoms with van der Waals surface area (Å²) in [6.45, 7) is 4.94. The van der Waals surface area contributed by atoms with Gasteiger partial charge in [-0.2, -0.15) is 5.26 Å². The molecule has 1 amide bonds. The van der Waals surface area contributed by atoms with Gasteiger partial charge in [0.25, 0.3) is 5.91 Å². The van der Waals surface area contributed by atoms with E-state index in [4.69, 9.17) is 5.26 Å². The van der Waals surface area contributed by atoms with E-state index in [1.807, 2.05) is 6.92 Å². The van der Waals surface area contributed by atoms with Crippen molar-refractivity contribution in [2.24, 2.45) is 0 Å². The average molecular weight is 319 g/mol. The van der Waals surface area contributed by atoms with Crippen molar-refractivity contribution in [2.45, 2.75) is 26.4 Å². The van der Waals surface area contributed by atoms with Gasteiger partial charge in [-0.3, -0.25) is 4.79 Å². The van der Waals surface area contributed by atoms with Crippen LogP contribution in [-0.2, 0) is 13.1 Å². The summed E-state index contributed by atoms with van der Waals surface area (Å²) in [4.78, 5) is 25.9. The molecule has 120 valence electrons. The monoisotopic (exact) mass is 319 g/mol. The second-order valence-electron chi connectivity index (χ2n) is 6.21. The molecule has 0 radical (unpaired) electrons. The zero-order chi connectivity index (χ0) is 16.7. The molecular formula is C18H17N5O. The van der Waals surface area contributed by atoms with E-state index in [1.54, 1.807) is 29.2 Å². The van der Waals surface area contributed by atoms with Gasteiger partial charge in [0.15, 0.2) is 0 Å². The number of nitriles is 1. The molecular weight excluding hydrogens is 302 g/mol. The Morgan fingerprint density at radius 2 is 2.08 bits per heavy atom. The van der Waals surface area contributed by atoms with E-state index in [9.17, 15) is 4.79 Å². The third-order valence-electron chi connectivity index (χ3n) is 4.55. The van der Waals surface area contributed by atoms with Crippen LogP contribution in [0.2, 0.25) is 0 Å². The van der Waals surface area contributed by atoms with Crippen LogP contribution in [0.15, 0.2) is 24.3 Å². The fourth-order valence-electron chi connectivity index (χ4n) is 3.20. The van der Waals surface area contributed by atoms with Crippen molar-refractivity contribution >= 4 is 11.7 Å². The molecule has 0 aliphatic carbocycles. The van der Waals surface area contributed by atoms with Gasteiger partial charge in [0.2, 0.25) is 0 Å². The summed E-state index contributed by atoms with van der Waals surface area (Å²) in [5.74, 6) is 1.65. The minimum absolute atomic E-state index is 0.0719. The molecule has 0 saturated carbocycles. The molecule has 1 aromatic heterocycles. The predicted octanol–water partition coefficient (Wildman–Crippen LogP) is 2.02. The molecule has 2 aliphatic rings. The Labute approximate surface area is 140 Å². The first-order chi connectivity index (χ1) is 11.7. The van der Waals surface area contributed by atoms with E-state index in [1.165, 1.54) is 6.42 Å². The van der Waals surface area contributed by atoms with Crippen molar-refractivity contribution in [3.05, 3.63) is 52.5 Å². The number of nitrogens with zero attached hydrogens (tertiary/aromatic N) is 5. The molecule has 0 spiro atoms. The fourth-order valence-corrected chi connectivity index (χ4v) is 3.20. The quantitative estimate of drug-likeness (QED) is 0.847. The maximum Gasteiger partial charge on any atom is 0.254 e. The minimum atomic E-state index is -0.0719. The molecule has 4 rings (SSSR count). The first-order valence-electron chi connectivity index (χ1n) is 8.06. The third kappa shape index (κ3) is 2.38. The second kappa shape index (κ2) is 5.60. The van der Waals surface area contributed by atoms with Gasteiger partial charge in [-0.1, -0.05) is 6.07 Å². The molecule has 0 unspecified atom stereocenters. The van der Waals surface area contributed by atoms with E-state index in [0.29, 0.717) is 24.2 Å². The number of aromatic nitrogens is 2. The third-order valence-corrected chi connectivity index (χ3v) is 4.55. The highest BCUT2D eigenvalue weighted by molar-refractivity contribution is 5.95. The standard InChI is InChI=1S/C18H17N5O/c1-12-20-16-11-23(10-15(16)17(21-12)22-6-3-7-22)18(24)14-5-2-4-13(8-14)9-19/h2,4-5,8H,3,6-7,10-11H2,1H3. The Hall–Kier alpha value is -2.94. The second-order valence-corrected chi connectivity index (χ2v) is 6.21. The van der Waals surface area contributed by atoms with E-state index >= 15 is 0 Å². The smallest absolute Gasteiger partial charge is 0.254 e. The van der Waals surface area contributed by atoms with Crippen LogP contribution in [0, 0.1) is 18.3 Å². The van der Waals surface area contributed by atoms with Crippen LogP contribution in [0.25, 0.3) is 0 Å². The zero-order valence-corrected chi connectivity index (χ0v) is 13.5. The molecule has 0 N–H and O–H groups in total. The highest BCUT2D eigenvalue weighted by Crippen LogP contribution is 2.32. The van der Waals surface area contributed by atoms with Crippen molar-refractivity contribution < 1.29 is 4.79 Å². The number of carbonyl (C=O) groups is 1. The molecule has 24 heavy (non-hydrogen) atoms. The summed E-state index contributed by atoms with van der Waals surface area (Å²) in [5, 5.41) is 9.01. The summed E-state index contributed by atoms with van der Waals surface area (Å²) in [5.41, 5.74) is 3.03. The Morgan fingerprint density at radius 1 is 1.25 bits per heavy atom. The Balaban J connectivity index is 1.63.